The third-order valence-corrected chi connectivity index (χ3v) is 4.63. The van der Waals surface area contributed by atoms with Crippen LogP contribution >= 0.6 is 0 Å². The van der Waals surface area contributed by atoms with Crippen LogP contribution in [0.25, 0.3) is 0 Å². The monoisotopic (exact) mass is 315 g/mol. The Balaban J connectivity index is 4.14. The highest BCUT2D eigenvalue weighted by molar-refractivity contribution is 7.88. The zero-order chi connectivity index (χ0) is 14.9. The maximum absolute atomic E-state index is 11.9. The summed E-state index contributed by atoms with van der Waals surface area (Å²) in [6, 6.07) is 0. The van der Waals surface area contributed by atoms with Gasteiger partial charge in [-0.05, 0) is 19.3 Å². The summed E-state index contributed by atoms with van der Waals surface area (Å²) in [7, 11) is -6.67. The van der Waals surface area contributed by atoms with E-state index in [0.717, 1.165) is 19.1 Å². The summed E-state index contributed by atoms with van der Waals surface area (Å²) in [5.74, 6) is 0. The molecule has 0 atom stereocenters. The molecule has 0 aliphatic heterocycles. The third-order valence-electron chi connectivity index (χ3n) is 2.29. The lowest BCUT2D eigenvalue weighted by atomic mass is 10.4. The number of sulfonamides is 1. The first-order valence-electron chi connectivity index (χ1n) is 6.42. The average Bonchev–Trinajstić information content (AvgIpc) is 2.26. The van der Waals surface area contributed by atoms with Crippen LogP contribution in [0.4, 0.5) is 0 Å². The fraction of sp³-hybridized carbons (Fsp3) is 1.00. The minimum absolute atomic E-state index is 0.217. The summed E-state index contributed by atoms with van der Waals surface area (Å²) in [4.78, 5) is 0. The van der Waals surface area contributed by atoms with Gasteiger partial charge in [-0.25, -0.2) is 17.9 Å². The molecule has 9 heteroatoms. The molecule has 0 aromatic rings. The van der Waals surface area contributed by atoms with Crippen molar-refractivity contribution in [2.75, 3.05) is 32.4 Å². The fourth-order valence-corrected chi connectivity index (χ4v) is 3.44. The Labute approximate surface area is 117 Å². The van der Waals surface area contributed by atoms with Crippen LogP contribution in [0, 0.1) is 0 Å². The maximum atomic E-state index is 11.9. The topological polar surface area (TPSA) is 95.6 Å². The van der Waals surface area contributed by atoms with Crippen LogP contribution in [0.3, 0.4) is 0 Å². The normalized spacial score (nSPS) is 13.1. The minimum Gasteiger partial charge on any atom is -0.215 e. The Morgan fingerprint density at radius 3 is 1.79 bits per heavy atom. The van der Waals surface area contributed by atoms with E-state index in [0.29, 0.717) is 19.5 Å². The lowest BCUT2D eigenvalue weighted by molar-refractivity contribution is 0.401. The third kappa shape index (κ3) is 9.33. The molecule has 0 heterocycles. The van der Waals surface area contributed by atoms with Gasteiger partial charge in [0.25, 0.3) is 10.2 Å². The summed E-state index contributed by atoms with van der Waals surface area (Å²) >= 11 is 0. The van der Waals surface area contributed by atoms with Gasteiger partial charge in [-0.3, -0.25) is 0 Å². The van der Waals surface area contributed by atoms with E-state index in [1.807, 2.05) is 13.8 Å². The second kappa shape index (κ2) is 8.85. The molecular formula is C10H25N3O4S2. The molecule has 0 bridgehead atoms. The molecule has 0 aromatic heterocycles. The highest BCUT2D eigenvalue weighted by Gasteiger charge is 2.19. The zero-order valence-electron chi connectivity index (χ0n) is 11.8. The van der Waals surface area contributed by atoms with Crippen molar-refractivity contribution in [3.63, 3.8) is 0 Å². The number of nitrogens with zero attached hydrogens (tertiary/aromatic N) is 1. The molecule has 0 spiro atoms. The van der Waals surface area contributed by atoms with Gasteiger partial charge >= 0.3 is 0 Å². The molecule has 19 heavy (non-hydrogen) atoms. The largest absolute Gasteiger partial charge is 0.279 e. The SMILES string of the molecule is CCCN(CCC)S(=O)(=O)NCCCNS(C)(=O)=O. The first-order chi connectivity index (χ1) is 8.73. The van der Waals surface area contributed by atoms with Gasteiger partial charge in [0, 0.05) is 26.2 Å². The second-order valence-corrected chi connectivity index (χ2v) is 7.91. The molecule has 0 rings (SSSR count). The zero-order valence-corrected chi connectivity index (χ0v) is 13.5. The number of hydrogen-bond donors (Lipinski definition) is 2. The fourth-order valence-electron chi connectivity index (χ4n) is 1.49. The number of hydrogen-bond acceptors (Lipinski definition) is 4. The van der Waals surface area contributed by atoms with Gasteiger partial charge in [-0.2, -0.15) is 12.7 Å². The van der Waals surface area contributed by atoms with Crippen molar-refractivity contribution in [1.82, 2.24) is 13.7 Å². The molecule has 0 aliphatic carbocycles. The van der Waals surface area contributed by atoms with Crippen LogP contribution in [-0.2, 0) is 20.2 Å². The maximum Gasteiger partial charge on any atom is 0.279 e. The smallest absolute Gasteiger partial charge is 0.215 e. The molecule has 7 nitrogen and oxygen atoms in total. The molecule has 0 amide bonds. The Morgan fingerprint density at radius 1 is 0.895 bits per heavy atom. The Hall–Kier alpha value is -0.220. The van der Waals surface area contributed by atoms with Crippen molar-refractivity contribution in [3.8, 4) is 0 Å². The van der Waals surface area contributed by atoms with Crippen molar-refractivity contribution in [3.05, 3.63) is 0 Å². The molecule has 0 aromatic carbocycles. The van der Waals surface area contributed by atoms with Crippen LogP contribution in [0.2, 0.25) is 0 Å². The van der Waals surface area contributed by atoms with Crippen molar-refractivity contribution in [1.29, 1.82) is 0 Å². The minimum atomic E-state index is -3.46. The first-order valence-corrected chi connectivity index (χ1v) is 9.75. The van der Waals surface area contributed by atoms with Crippen LogP contribution in [-0.4, -0.2) is 53.6 Å². The summed E-state index contributed by atoms with van der Waals surface area (Å²) in [6.07, 6.45) is 3.01. The molecule has 0 saturated heterocycles. The molecule has 116 valence electrons. The van der Waals surface area contributed by atoms with E-state index < -0.39 is 20.2 Å². The van der Waals surface area contributed by atoms with E-state index in [1.54, 1.807) is 0 Å². The van der Waals surface area contributed by atoms with E-state index in [4.69, 9.17) is 0 Å². The molecule has 0 unspecified atom stereocenters. The van der Waals surface area contributed by atoms with Crippen molar-refractivity contribution < 1.29 is 16.8 Å². The van der Waals surface area contributed by atoms with Gasteiger partial charge in [-0.15, -0.1) is 0 Å². The van der Waals surface area contributed by atoms with Crippen molar-refractivity contribution in [2.45, 2.75) is 33.1 Å². The predicted molar refractivity (Wildman–Crippen MR) is 76.5 cm³/mol. The highest BCUT2D eigenvalue weighted by Crippen LogP contribution is 2.01. The quantitative estimate of drug-likeness (QED) is 0.520. The standard InChI is InChI=1S/C10H25N3O4S2/c1-4-9-13(10-5-2)19(16,17)12-8-6-7-11-18(3,14)15/h11-12H,4-10H2,1-3H3. The molecule has 0 radical (unpaired) electrons. The van der Waals surface area contributed by atoms with Crippen LogP contribution in [0.15, 0.2) is 0 Å². The number of rotatable bonds is 11. The molecule has 0 fully saturated rings. The lowest BCUT2D eigenvalue weighted by Gasteiger charge is -2.21. The van der Waals surface area contributed by atoms with E-state index in [-0.39, 0.29) is 13.1 Å². The summed E-state index contributed by atoms with van der Waals surface area (Å²) in [6.45, 7) is 5.27. The number of nitrogens with one attached hydrogen (secondary N) is 2. The first kappa shape index (κ1) is 18.8. The summed E-state index contributed by atoms with van der Waals surface area (Å²) < 4.78 is 51.7. The Morgan fingerprint density at radius 2 is 1.37 bits per heavy atom. The highest BCUT2D eigenvalue weighted by atomic mass is 32.2. The summed E-state index contributed by atoms with van der Waals surface area (Å²) in [5, 5.41) is 0. The van der Waals surface area contributed by atoms with Gasteiger partial charge in [-0.1, -0.05) is 13.8 Å². The molecular weight excluding hydrogens is 290 g/mol. The van der Waals surface area contributed by atoms with Gasteiger partial charge in [0.05, 0.1) is 6.26 Å². The molecule has 0 saturated carbocycles. The van der Waals surface area contributed by atoms with E-state index in [1.165, 1.54) is 4.31 Å². The second-order valence-electron chi connectivity index (χ2n) is 4.32. The van der Waals surface area contributed by atoms with Crippen molar-refractivity contribution >= 4 is 20.2 Å². The Bertz CT molecular complexity index is 428. The van der Waals surface area contributed by atoms with Crippen molar-refractivity contribution in [2.24, 2.45) is 0 Å². The lowest BCUT2D eigenvalue weighted by Crippen LogP contribution is -2.42. The molecule has 2 N–H and O–H groups in total. The predicted octanol–water partition coefficient (Wildman–Crippen LogP) is -0.118. The van der Waals surface area contributed by atoms with Crippen LogP contribution in [0.1, 0.15) is 33.1 Å². The summed E-state index contributed by atoms with van der Waals surface area (Å²) in [5.41, 5.74) is 0. The van der Waals surface area contributed by atoms with E-state index >= 15 is 0 Å². The van der Waals surface area contributed by atoms with Crippen LogP contribution in [0.5, 0.6) is 0 Å². The Kier molecular flexibility index (Phi) is 8.75. The van der Waals surface area contributed by atoms with Crippen LogP contribution < -0.4 is 9.44 Å². The van der Waals surface area contributed by atoms with Gasteiger partial charge in [0.2, 0.25) is 10.0 Å². The average molecular weight is 315 g/mol. The van der Waals surface area contributed by atoms with Gasteiger partial charge < -0.3 is 0 Å². The molecule has 0 aliphatic rings. The van der Waals surface area contributed by atoms with Gasteiger partial charge in [0.15, 0.2) is 0 Å². The van der Waals surface area contributed by atoms with Gasteiger partial charge in [0.1, 0.15) is 0 Å². The van der Waals surface area contributed by atoms with E-state index in [9.17, 15) is 16.8 Å². The van der Waals surface area contributed by atoms with E-state index in [2.05, 4.69) is 9.44 Å².